The lowest BCUT2D eigenvalue weighted by molar-refractivity contribution is -0.111. The van der Waals surface area contributed by atoms with Crippen LogP contribution in [0.2, 0.25) is 0 Å². The lowest BCUT2D eigenvalue weighted by Gasteiger charge is -2.59. The van der Waals surface area contributed by atoms with Crippen molar-refractivity contribution in [2.75, 3.05) is 0 Å². The highest BCUT2D eigenvalue weighted by atomic mass is 15.2. The Morgan fingerprint density at radius 3 is 1.67 bits per heavy atom. The average molecular weight is 710 g/mol. The third kappa shape index (κ3) is 5.05. The SMILES string of the molecule is CC1CCC2C(C1)C1CCC(N(C3CCCCC3C3CCCC3)C3CCCC4C5CCCCC5C5(C6CCCCC6C6CCCC65)C43)CC1C2(C)C. The maximum atomic E-state index is 3.68. The summed E-state index contributed by atoms with van der Waals surface area (Å²) >= 11 is 0. The summed E-state index contributed by atoms with van der Waals surface area (Å²) in [5.74, 6) is 16.1. The number of hydrogen-bond acceptors (Lipinski definition) is 1. The zero-order chi connectivity index (χ0) is 34.8. The summed E-state index contributed by atoms with van der Waals surface area (Å²) < 4.78 is 0. The van der Waals surface area contributed by atoms with Crippen LogP contribution in [0.15, 0.2) is 0 Å². The van der Waals surface area contributed by atoms with Crippen LogP contribution in [0.25, 0.3) is 0 Å². The van der Waals surface area contributed by atoms with Crippen molar-refractivity contribution in [3.05, 3.63) is 0 Å². The molecular formula is C51H83N. The highest BCUT2D eigenvalue weighted by Gasteiger charge is 2.74. The fraction of sp³-hybridized carbons (Fsp3) is 1.00. The minimum atomic E-state index is 0.563. The Bertz CT molecular complexity index is 1280. The van der Waals surface area contributed by atoms with Gasteiger partial charge >= 0.3 is 0 Å². The van der Waals surface area contributed by atoms with Crippen molar-refractivity contribution in [1.82, 2.24) is 4.90 Å². The zero-order valence-corrected chi connectivity index (χ0v) is 34.6. The van der Waals surface area contributed by atoms with Gasteiger partial charge in [-0.1, -0.05) is 104 Å². The van der Waals surface area contributed by atoms with E-state index in [-0.39, 0.29) is 0 Å². The van der Waals surface area contributed by atoms with E-state index >= 15 is 0 Å². The molecule has 0 aromatic heterocycles. The lowest BCUT2D eigenvalue weighted by atomic mass is 9.52. The van der Waals surface area contributed by atoms with Crippen LogP contribution in [0.5, 0.6) is 0 Å². The molecule has 1 nitrogen and oxygen atoms in total. The monoisotopic (exact) mass is 710 g/mol. The standard InChI is InChI=1S/C51H83N/c1-32-26-29-42-41(30-32)39-28-27-34(31-46(39)50(42,2)3)52(47-24-11-8-16-35(47)33-14-4-5-15-33)48-25-13-20-40-38-18-7-10-22-44(38)51(49(40)48)43-21-9-6-17-36(43)37-19-12-23-45(37)51/h32-49H,4-31H2,1-3H3. The third-order valence-corrected chi connectivity index (χ3v) is 22.2. The minimum absolute atomic E-state index is 0.563. The summed E-state index contributed by atoms with van der Waals surface area (Å²) in [5, 5.41) is 0. The van der Waals surface area contributed by atoms with E-state index in [0.29, 0.717) is 5.41 Å². The highest BCUT2D eigenvalue weighted by molar-refractivity contribution is 5.23. The van der Waals surface area contributed by atoms with E-state index in [4.69, 9.17) is 0 Å². The molecule has 1 heteroatoms. The molecular weight excluding hydrogens is 627 g/mol. The Hall–Kier alpha value is -0.0400. The molecule has 0 amide bonds. The smallest absolute Gasteiger partial charge is 0.0138 e. The maximum absolute atomic E-state index is 3.68. The summed E-state index contributed by atoms with van der Waals surface area (Å²) in [4.78, 5) is 3.68. The van der Waals surface area contributed by atoms with Gasteiger partial charge in [-0.2, -0.15) is 0 Å². The molecule has 0 heterocycles. The number of hydrogen-bond donors (Lipinski definition) is 0. The molecule has 0 aromatic rings. The first-order chi connectivity index (χ1) is 25.5. The molecule has 11 fully saturated rings. The molecule has 52 heavy (non-hydrogen) atoms. The molecule has 0 bridgehead atoms. The Labute approximate surface area is 322 Å². The molecule has 18 atom stereocenters. The molecule has 0 saturated heterocycles. The lowest BCUT2D eigenvalue weighted by Crippen LogP contribution is -2.62. The summed E-state index contributed by atoms with van der Waals surface area (Å²) in [6, 6.07) is 2.76. The first-order valence-corrected chi connectivity index (χ1v) is 25.2. The van der Waals surface area contributed by atoms with Gasteiger partial charge < -0.3 is 0 Å². The van der Waals surface area contributed by atoms with E-state index in [1.54, 1.807) is 173 Å². The van der Waals surface area contributed by atoms with Crippen molar-refractivity contribution in [2.24, 2.45) is 99.6 Å². The first kappa shape index (κ1) is 35.1. The number of nitrogens with zero attached hydrogens (tertiary/aromatic N) is 1. The van der Waals surface area contributed by atoms with Gasteiger partial charge in [0.15, 0.2) is 0 Å². The predicted octanol–water partition coefficient (Wildman–Crippen LogP) is 13.7. The Kier molecular flexibility index (Phi) is 9.15. The molecule has 11 saturated carbocycles. The largest absolute Gasteiger partial charge is 0.294 e. The van der Waals surface area contributed by atoms with Gasteiger partial charge in [-0.25, -0.2) is 0 Å². The van der Waals surface area contributed by atoms with Gasteiger partial charge in [0.2, 0.25) is 0 Å². The Morgan fingerprint density at radius 1 is 0.385 bits per heavy atom. The predicted molar refractivity (Wildman–Crippen MR) is 217 cm³/mol. The van der Waals surface area contributed by atoms with Crippen molar-refractivity contribution in [1.29, 1.82) is 0 Å². The van der Waals surface area contributed by atoms with Crippen LogP contribution < -0.4 is 0 Å². The fourth-order valence-electron chi connectivity index (χ4n) is 21.1. The molecule has 11 aliphatic rings. The highest BCUT2D eigenvalue weighted by Crippen LogP contribution is 2.79. The summed E-state index contributed by atoms with van der Waals surface area (Å²) in [6.07, 6.45) is 44.5. The normalized spacial score (nSPS) is 55.5. The fourth-order valence-corrected chi connectivity index (χ4v) is 21.1. The second kappa shape index (κ2) is 13.5. The van der Waals surface area contributed by atoms with Crippen molar-refractivity contribution >= 4 is 0 Å². The van der Waals surface area contributed by atoms with Gasteiger partial charge in [-0.05, 0) is 196 Å². The first-order valence-electron chi connectivity index (χ1n) is 25.2. The van der Waals surface area contributed by atoms with Gasteiger partial charge in [0.05, 0.1) is 0 Å². The minimum Gasteiger partial charge on any atom is -0.294 e. The second-order valence-electron chi connectivity index (χ2n) is 23.8. The molecule has 18 unspecified atom stereocenters. The van der Waals surface area contributed by atoms with Crippen molar-refractivity contribution in [3.63, 3.8) is 0 Å². The van der Waals surface area contributed by atoms with Crippen molar-refractivity contribution in [3.8, 4) is 0 Å². The molecule has 1 spiro atoms. The van der Waals surface area contributed by atoms with Crippen LogP contribution >= 0.6 is 0 Å². The Morgan fingerprint density at radius 2 is 0.923 bits per heavy atom. The van der Waals surface area contributed by atoms with E-state index in [1.807, 2.05) is 0 Å². The van der Waals surface area contributed by atoms with E-state index in [9.17, 15) is 0 Å². The van der Waals surface area contributed by atoms with Gasteiger partial charge in [-0.3, -0.25) is 4.90 Å². The van der Waals surface area contributed by atoms with E-state index in [0.717, 1.165) is 112 Å². The van der Waals surface area contributed by atoms with Gasteiger partial charge in [0.1, 0.15) is 0 Å². The topological polar surface area (TPSA) is 3.24 Å². The molecule has 0 N–H and O–H groups in total. The third-order valence-electron chi connectivity index (χ3n) is 22.2. The molecule has 0 radical (unpaired) electrons. The molecule has 0 aliphatic heterocycles. The van der Waals surface area contributed by atoms with Crippen LogP contribution in [0.1, 0.15) is 201 Å². The van der Waals surface area contributed by atoms with E-state index in [2.05, 4.69) is 25.7 Å². The van der Waals surface area contributed by atoms with Crippen LogP contribution in [0, 0.1) is 99.6 Å². The summed E-state index contributed by atoms with van der Waals surface area (Å²) in [7, 11) is 0. The van der Waals surface area contributed by atoms with E-state index < -0.39 is 0 Å². The zero-order valence-electron chi connectivity index (χ0n) is 34.6. The number of fused-ring (bicyclic) bond motifs is 13. The quantitative estimate of drug-likeness (QED) is 0.281. The summed E-state index contributed by atoms with van der Waals surface area (Å²) in [5.41, 5.74) is 1.30. The van der Waals surface area contributed by atoms with Gasteiger partial charge in [0.25, 0.3) is 0 Å². The second-order valence-corrected chi connectivity index (χ2v) is 23.8. The summed E-state index contributed by atoms with van der Waals surface area (Å²) in [6.45, 7) is 8.24. The van der Waals surface area contributed by atoms with Gasteiger partial charge in [0, 0.05) is 18.1 Å². The van der Waals surface area contributed by atoms with Crippen molar-refractivity contribution < 1.29 is 0 Å². The average Bonchev–Trinajstić information content (AvgIpc) is 4.00. The molecule has 11 rings (SSSR count). The molecule has 292 valence electrons. The van der Waals surface area contributed by atoms with Crippen LogP contribution in [0.3, 0.4) is 0 Å². The maximum Gasteiger partial charge on any atom is 0.0138 e. The molecule has 0 aromatic carbocycles. The van der Waals surface area contributed by atoms with Crippen LogP contribution in [0.4, 0.5) is 0 Å². The number of rotatable bonds is 4. The Balaban J connectivity index is 1.02. The van der Waals surface area contributed by atoms with Crippen LogP contribution in [-0.2, 0) is 0 Å². The molecule has 11 aliphatic carbocycles. The van der Waals surface area contributed by atoms with E-state index in [1.165, 1.54) is 6.42 Å². The van der Waals surface area contributed by atoms with Crippen LogP contribution in [-0.4, -0.2) is 23.0 Å². The van der Waals surface area contributed by atoms with Gasteiger partial charge in [-0.15, -0.1) is 0 Å². The van der Waals surface area contributed by atoms with Crippen molar-refractivity contribution in [2.45, 2.75) is 219 Å².